The Morgan fingerprint density at radius 3 is 2.46 bits per heavy atom. The van der Waals surface area contributed by atoms with Crippen molar-refractivity contribution in [1.29, 1.82) is 0 Å². The van der Waals surface area contributed by atoms with Crippen molar-refractivity contribution in [1.82, 2.24) is 14.6 Å². The Bertz CT molecular complexity index is 1150. The molecule has 0 unspecified atom stereocenters. The molecule has 0 aliphatic carbocycles. The minimum atomic E-state index is -0.203. The molecule has 26 heavy (non-hydrogen) atoms. The van der Waals surface area contributed by atoms with Gasteiger partial charge in [-0.2, -0.15) is 9.78 Å². The lowest BCUT2D eigenvalue weighted by atomic mass is 10.2. The molecule has 0 fully saturated rings. The molecule has 2 aromatic carbocycles. The lowest BCUT2D eigenvalue weighted by Gasteiger charge is -2.09. The molecule has 0 saturated carbocycles. The molecule has 2 heterocycles. The summed E-state index contributed by atoms with van der Waals surface area (Å²) in [5, 5.41) is 4.96. The van der Waals surface area contributed by atoms with Crippen LogP contribution < -0.4 is 5.56 Å². The topological polar surface area (TPSA) is 60.1 Å². The minimum absolute atomic E-state index is 0.203. The van der Waals surface area contributed by atoms with Gasteiger partial charge >= 0.3 is 0 Å². The van der Waals surface area contributed by atoms with Gasteiger partial charge in [-0.3, -0.25) is 9.78 Å². The van der Waals surface area contributed by atoms with Crippen molar-refractivity contribution in [2.24, 2.45) is 5.10 Å². The molecular weight excluding hydrogens is 324 g/mol. The highest BCUT2D eigenvalue weighted by molar-refractivity contribution is 5.82. The van der Waals surface area contributed by atoms with E-state index >= 15 is 0 Å². The van der Waals surface area contributed by atoms with Crippen LogP contribution in [-0.2, 0) is 0 Å². The number of rotatable bonds is 3. The zero-order chi connectivity index (χ0) is 17.9. The fourth-order valence-corrected chi connectivity index (χ4v) is 2.70. The molecule has 0 aliphatic heterocycles. The Morgan fingerprint density at radius 1 is 0.962 bits per heavy atom. The van der Waals surface area contributed by atoms with Crippen molar-refractivity contribution in [2.45, 2.75) is 6.92 Å². The standard InChI is InChI=1S/C21H16N4O/c1-15-6-8-16(9-7-15)14-23-25-20(17-10-12-22-13-11-17)24-19-5-3-2-4-18(19)21(25)26/h2-14H,1H3. The first-order valence-corrected chi connectivity index (χ1v) is 8.25. The summed E-state index contributed by atoms with van der Waals surface area (Å²) < 4.78 is 1.34. The summed E-state index contributed by atoms with van der Waals surface area (Å²) in [6.07, 6.45) is 5.01. The van der Waals surface area contributed by atoms with Gasteiger partial charge in [-0.15, -0.1) is 0 Å². The Hall–Kier alpha value is -3.60. The summed E-state index contributed by atoms with van der Waals surface area (Å²) in [5.41, 5.74) is 3.31. The second-order valence-electron chi connectivity index (χ2n) is 5.96. The molecule has 0 N–H and O–H groups in total. The molecule has 0 saturated heterocycles. The maximum atomic E-state index is 13.0. The van der Waals surface area contributed by atoms with E-state index in [0.29, 0.717) is 16.7 Å². The van der Waals surface area contributed by atoms with Crippen molar-refractivity contribution in [3.63, 3.8) is 0 Å². The molecule has 2 aromatic heterocycles. The third-order valence-corrected chi connectivity index (χ3v) is 4.09. The summed E-state index contributed by atoms with van der Waals surface area (Å²) in [6.45, 7) is 2.03. The van der Waals surface area contributed by atoms with Crippen molar-refractivity contribution < 1.29 is 0 Å². The molecule has 0 atom stereocenters. The van der Waals surface area contributed by atoms with E-state index in [2.05, 4.69) is 15.1 Å². The van der Waals surface area contributed by atoms with Crippen molar-refractivity contribution >= 4 is 17.1 Å². The van der Waals surface area contributed by atoms with Gasteiger partial charge in [-0.1, -0.05) is 42.0 Å². The third kappa shape index (κ3) is 3.02. The van der Waals surface area contributed by atoms with E-state index in [-0.39, 0.29) is 5.56 Å². The molecule has 0 amide bonds. The van der Waals surface area contributed by atoms with Gasteiger partial charge in [0.1, 0.15) is 0 Å². The smallest absolute Gasteiger partial charge is 0.267 e. The number of para-hydroxylation sites is 1. The van der Waals surface area contributed by atoms with Crippen LogP contribution >= 0.6 is 0 Å². The number of fused-ring (bicyclic) bond motifs is 1. The quantitative estimate of drug-likeness (QED) is 0.535. The Labute approximate surface area is 150 Å². The van der Waals surface area contributed by atoms with Crippen LogP contribution in [0, 0.1) is 6.92 Å². The number of benzene rings is 2. The van der Waals surface area contributed by atoms with Crippen molar-refractivity contribution in [2.75, 3.05) is 0 Å². The number of aryl methyl sites for hydroxylation is 1. The Morgan fingerprint density at radius 2 is 1.69 bits per heavy atom. The van der Waals surface area contributed by atoms with Gasteiger partial charge in [0.05, 0.1) is 17.1 Å². The summed E-state index contributed by atoms with van der Waals surface area (Å²) >= 11 is 0. The number of nitrogens with zero attached hydrogens (tertiary/aromatic N) is 4. The van der Waals surface area contributed by atoms with Gasteiger partial charge in [-0.25, -0.2) is 4.98 Å². The fourth-order valence-electron chi connectivity index (χ4n) is 2.70. The third-order valence-electron chi connectivity index (χ3n) is 4.09. The molecule has 0 spiro atoms. The van der Waals surface area contributed by atoms with Crippen LogP contribution in [0.1, 0.15) is 11.1 Å². The van der Waals surface area contributed by atoms with E-state index < -0.39 is 0 Å². The first-order valence-electron chi connectivity index (χ1n) is 8.25. The first-order chi connectivity index (χ1) is 12.7. The SMILES string of the molecule is Cc1ccc(C=Nn2c(-c3ccncc3)nc3ccccc3c2=O)cc1. The second-order valence-corrected chi connectivity index (χ2v) is 5.96. The monoisotopic (exact) mass is 340 g/mol. The number of pyridine rings is 1. The highest BCUT2D eigenvalue weighted by Crippen LogP contribution is 2.18. The maximum absolute atomic E-state index is 13.0. The molecular formula is C21H16N4O. The van der Waals surface area contributed by atoms with Gasteiger partial charge in [0.15, 0.2) is 5.82 Å². The van der Waals surface area contributed by atoms with Crippen LogP contribution in [0.25, 0.3) is 22.3 Å². The summed E-state index contributed by atoms with van der Waals surface area (Å²) in [5.74, 6) is 0.486. The van der Waals surface area contributed by atoms with Gasteiger partial charge in [-0.05, 0) is 36.8 Å². The molecule has 5 heteroatoms. The van der Waals surface area contributed by atoms with E-state index in [4.69, 9.17) is 0 Å². The summed E-state index contributed by atoms with van der Waals surface area (Å²) in [7, 11) is 0. The first kappa shape index (κ1) is 15.9. The number of hydrogen-bond acceptors (Lipinski definition) is 4. The normalized spacial score (nSPS) is 11.3. The number of aromatic nitrogens is 3. The highest BCUT2D eigenvalue weighted by Gasteiger charge is 2.11. The molecule has 0 bridgehead atoms. The predicted octanol–water partition coefficient (Wildman–Crippen LogP) is 3.65. The largest absolute Gasteiger partial charge is 0.282 e. The predicted molar refractivity (Wildman–Crippen MR) is 103 cm³/mol. The molecule has 4 aromatic rings. The van der Waals surface area contributed by atoms with Crippen LogP contribution in [0.15, 0.2) is 83.0 Å². The van der Waals surface area contributed by atoms with Gasteiger partial charge in [0, 0.05) is 18.0 Å². The minimum Gasteiger partial charge on any atom is -0.267 e. The summed E-state index contributed by atoms with van der Waals surface area (Å²) in [4.78, 5) is 21.7. The maximum Gasteiger partial charge on any atom is 0.282 e. The highest BCUT2D eigenvalue weighted by atomic mass is 16.1. The van der Waals surface area contributed by atoms with Crippen LogP contribution in [-0.4, -0.2) is 20.9 Å². The average molecular weight is 340 g/mol. The van der Waals surface area contributed by atoms with Crippen LogP contribution in [0.5, 0.6) is 0 Å². The fraction of sp³-hybridized carbons (Fsp3) is 0.0476. The van der Waals surface area contributed by atoms with Gasteiger partial charge in [0.2, 0.25) is 0 Å². The van der Waals surface area contributed by atoms with E-state index in [9.17, 15) is 4.79 Å². The van der Waals surface area contributed by atoms with Crippen LogP contribution in [0.4, 0.5) is 0 Å². The number of hydrogen-bond donors (Lipinski definition) is 0. The average Bonchev–Trinajstić information content (AvgIpc) is 2.69. The van der Waals surface area contributed by atoms with E-state index in [1.54, 1.807) is 24.7 Å². The molecule has 0 aliphatic rings. The molecule has 4 rings (SSSR count). The zero-order valence-corrected chi connectivity index (χ0v) is 14.2. The Balaban J connectivity index is 1.92. The zero-order valence-electron chi connectivity index (χ0n) is 14.2. The van der Waals surface area contributed by atoms with Gasteiger partial charge < -0.3 is 0 Å². The molecule has 126 valence electrons. The lowest BCUT2D eigenvalue weighted by molar-refractivity contribution is 0.829. The molecule has 5 nitrogen and oxygen atoms in total. The van der Waals surface area contributed by atoms with Crippen LogP contribution in [0.3, 0.4) is 0 Å². The van der Waals surface area contributed by atoms with E-state index in [1.807, 2.05) is 61.5 Å². The molecule has 0 radical (unpaired) electrons. The van der Waals surface area contributed by atoms with Gasteiger partial charge in [0.25, 0.3) is 5.56 Å². The second kappa shape index (κ2) is 6.72. The summed E-state index contributed by atoms with van der Waals surface area (Å²) in [6, 6.07) is 18.8. The van der Waals surface area contributed by atoms with Crippen LogP contribution in [0.2, 0.25) is 0 Å². The Kier molecular flexibility index (Phi) is 4.11. The van der Waals surface area contributed by atoms with Crippen molar-refractivity contribution in [3.8, 4) is 11.4 Å². The van der Waals surface area contributed by atoms with E-state index in [1.165, 1.54) is 10.2 Å². The van der Waals surface area contributed by atoms with E-state index in [0.717, 1.165) is 11.1 Å². The lowest BCUT2D eigenvalue weighted by Crippen LogP contribution is -2.20. The van der Waals surface area contributed by atoms with Crippen molar-refractivity contribution in [3.05, 3.63) is 94.5 Å².